The lowest BCUT2D eigenvalue weighted by Gasteiger charge is -2.38. The fourth-order valence-corrected chi connectivity index (χ4v) is 2.95. The zero-order valence-corrected chi connectivity index (χ0v) is 12.7. The van der Waals surface area contributed by atoms with Crippen LogP contribution in [0.5, 0.6) is 0 Å². The lowest BCUT2D eigenvalue weighted by molar-refractivity contribution is -0.146. The molecule has 3 atom stereocenters. The monoisotopic (exact) mass is 270 g/mol. The molecule has 4 heteroatoms. The molecule has 0 heterocycles. The summed E-state index contributed by atoms with van der Waals surface area (Å²) in [6.45, 7) is 9.04. The lowest BCUT2D eigenvalue weighted by atomic mass is 9.61. The van der Waals surface area contributed by atoms with Crippen molar-refractivity contribution < 1.29 is 20.6 Å². The number of ketones is 4. The summed E-state index contributed by atoms with van der Waals surface area (Å²) < 4.78 is 0. The zero-order chi connectivity index (χ0) is 15.4. The third kappa shape index (κ3) is 3.82. The van der Waals surface area contributed by atoms with Crippen LogP contribution in [-0.2, 0) is 19.2 Å². The predicted molar refractivity (Wildman–Crippen MR) is 74.8 cm³/mol. The van der Waals surface area contributed by atoms with Gasteiger partial charge in [-0.3, -0.25) is 19.2 Å². The molecule has 0 N–H and O–H groups in total. The number of carbonyl (C=O) groups excluding carboxylic acids is 4. The molecular weight excluding hydrogens is 244 g/mol. The van der Waals surface area contributed by atoms with Gasteiger partial charge in [0.05, 0.1) is 0 Å². The normalized spacial score (nSPS) is 17.2. The second-order valence-electron chi connectivity index (χ2n) is 5.43. The maximum Gasteiger partial charge on any atom is 0.137 e. The first-order valence-corrected chi connectivity index (χ1v) is 6.61. The molecule has 4 nitrogen and oxygen atoms in total. The Morgan fingerprint density at radius 1 is 1.00 bits per heavy atom. The van der Waals surface area contributed by atoms with Crippen molar-refractivity contribution in [2.24, 2.45) is 17.3 Å². The van der Waals surface area contributed by atoms with Crippen molar-refractivity contribution in [3.8, 4) is 0 Å². The first kappa shape index (κ1) is 17.7. The van der Waals surface area contributed by atoms with Crippen molar-refractivity contribution in [1.29, 1.82) is 0 Å². The Morgan fingerprint density at radius 3 is 1.68 bits per heavy atom. The van der Waals surface area contributed by atoms with Crippen molar-refractivity contribution in [2.75, 3.05) is 0 Å². The first-order valence-electron chi connectivity index (χ1n) is 6.61. The van der Waals surface area contributed by atoms with Gasteiger partial charge in [-0.05, 0) is 34.1 Å². The second kappa shape index (κ2) is 6.73. The Bertz CT molecular complexity index is 403. The minimum atomic E-state index is -1.05. The van der Waals surface area contributed by atoms with Crippen molar-refractivity contribution in [2.45, 2.75) is 54.4 Å². The highest BCUT2D eigenvalue weighted by Gasteiger charge is 2.48. The summed E-state index contributed by atoms with van der Waals surface area (Å²) in [5.41, 5.74) is -1.05. The highest BCUT2D eigenvalue weighted by atomic mass is 16.1. The molecular formula is C15H26O4. The van der Waals surface area contributed by atoms with Crippen LogP contribution in [0.15, 0.2) is 0 Å². The minimum Gasteiger partial charge on any atom is -0.300 e. The van der Waals surface area contributed by atoms with Gasteiger partial charge < -0.3 is 0 Å². The minimum absolute atomic E-state index is 0. The molecule has 110 valence electrons. The first-order chi connectivity index (χ1) is 8.60. The molecule has 0 aromatic heterocycles. The Balaban J connectivity index is 0. The van der Waals surface area contributed by atoms with Crippen LogP contribution in [0.2, 0.25) is 0 Å². The van der Waals surface area contributed by atoms with E-state index in [1.54, 1.807) is 13.8 Å². The molecule has 0 aliphatic heterocycles. The van der Waals surface area contributed by atoms with Gasteiger partial charge in [0.15, 0.2) is 0 Å². The zero-order valence-electron chi connectivity index (χ0n) is 12.7. The van der Waals surface area contributed by atoms with Gasteiger partial charge in [-0.1, -0.05) is 13.8 Å². The van der Waals surface area contributed by atoms with Crippen molar-refractivity contribution in [3.05, 3.63) is 0 Å². The van der Waals surface area contributed by atoms with Crippen LogP contribution in [-0.4, -0.2) is 23.1 Å². The smallest absolute Gasteiger partial charge is 0.137 e. The average molecular weight is 270 g/mol. The van der Waals surface area contributed by atoms with E-state index in [0.717, 1.165) is 0 Å². The van der Waals surface area contributed by atoms with E-state index in [0.29, 0.717) is 6.42 Å². The third-order valence-electron chi connectivity index (χ3n) is 4.07. The lowest BCUT2D eigenvalue weighted by Crippen LogP contribution is -2.46. The SMILES string of the molecule is CCC(CC(C)=O)(C(C)=O)C(C(C)=O)C(C)C(C)=O.[HH]. The number of Topliss-reactive ketones (excluding diaryl/α,β-unsaturated/α-hetero) is 4. The van der Waals surface area contributed by atoms with Crippen LogP contribution in [0, 0.1) is 17.3 Å². The van der Waals surface area contributed by atoms with E-state index >= 15 is 0 Å². The molecule has 0 saturated heterocycles. The Morgan fingerprint density at radius 2 is 1.47 bits per heavy atom. The molecule has 0 spiro atoms. The number of carbonyl (C=O) groups is 4. The Hall–Kier alpha value is -1.32. The molecule has 0 fully saturated rings. The summed E-state index contributed by atoms with van der Waals surface area (Å²) >= 11 is 0. The van der Waals surface area contributed by atoms with Gasteiger partial charge in [0, 0.05) is 25.1 Å². The van der Waals surface area contributed by atoms with E-state index in [-0.39, 0.29) is 31.0 Å². The van der Waals surface area contributed by atoms with Crippen LogP contribution in [0.25, 0.3) is 0 Å². The maximum absolute atomic E-state index is 12.1. The molecule has 19 heavy (non-hydrogen) atoms. The van der Waals surface area contributed by atoms with Gasteiger partial charge in [-0.25, -0.2) is 0 Å². The van der Waals surface area contributed by atoms with E-state index in [2.05, 4.69) is 0 Å². The summed E-state index contributed by atoms with van der Waals surface area (Å²) in [5, 5.41) is 0. The molecule has 0 aliphatic carbocycles. The van der Waals surface area contributed by atoms with E-state index in [1.165, 1.54) is 27.7 Å². The molecule has 0 bridgehead atoms. The topological polar surface area (TPSA) is 68.3 Å². The van der Waals surface area contributed by atoms with E-state index < -0.39 is 17.3 Å². The summed E-state index contributed by atoms with van der Waals surface area (Å²) in [7, 11) is 0. The highest BCUT2D eigenvalue weighted by molar-refractivity contribution is 5.97. The number of rotatable bonds is 8. The van der Waals surface area contributed by atoms with Gasteiger partial charge in [0.1, 0.15) is 23.1 Å². The molecule has 0 aromatic carbocycles. The summed E-state index contributed by atoms with van der Waals surface area (Å²) in [4.78, 5) is 47.2. The number of hydrogen-bond donors (Lipinski definition) is 0. The van der Waals surface area contributed by atoms with Gasteiger partial charge in [0.2, 0.25) is 0 Å². The van der Waals surface area contributed by atoms with Gasteiger partial charge in [-0.15, -0.1) is 0 Å². The molecule has 0 aromatic rings. The largest absolute Gasteiger partial charge is 0.300 e. The van der Waals surface area contributed by atoms with Crippen molar-refractivity contribution in [3.63, 3.8) is 0 Å². The fraction of sp³-hybridized carbons (Fsp3) is 0.733. The van der Waals surface area contributed by atoms with E-state index in [4.69, 9.17) is 0 Å². The van der Waals surface area contributed by atoms with Gasteiger partial charge in [0.25, 0.3) is 0 Å². The summed E-state index contributed by atoms with van der Waals surface area (Å²) in [6, 6.07) is 0. The summed E-state index contributed by atoms with van der Waals surface area (Å²) in [5.74, 6) is -1.96. The van der Waals surface area contributed by atoms with Crippen LogP contribution in [0.3, 0.4) is 0 Å². The van der Waals surface area contributed by atoms with Gasteiger partial charge in [-0.2, -0.15) is 0 Å². The van der Waals surface area contributed by atoms with Crippen LogP contribution >= 0.6 is 0 Å². The predicted octanol–water partition coefficient (Wildman–Crippen LogP) is 2.63. The second-order valence-corrected chi connectivity index (χ2v) is 5.43. The molecule has 0 saturated carbocycles. The molecule has 0 radical (unpaired) electrons. The summed E-state index contributed by atoms with van der Waals surface area (Å²) in [6.07, 6.45) is 0.393. The molecule has 0 amide bonds. The molecule has 0 aliphatic rings. The Kier molecular flexibility index (Phi) is 6.27. The van der Waals surface area contributed by atoms with Gasteiger partial charge >= 0.3 is 0 Å². The third-order valence-corrected chi connectivity index (χ3v) is 4.07. The fourth-order valence-electron chi connectivity index (χ4n) is 2.95. The highest BCUT2D eigenvalue weighted by Crippen LogP contribution is 2.42. The standard InChI is InChI=1S/C15H24O4.H2/c1-7-15(13(6)19,8-9(2)16)14(12(5)18)10(3)11(4)17;/h10,14H,7-8H2,1-6H3;1H. The number of hydrogen-bond acceptors (Lipinski definition) is 4. The van der Waals surface area contributed by atoms with Crippen molar-refractivity contribution >= 4 is 23.1 Å². The molecule has 0 rings (SSSR count). The van der Waals surface area contributed by atoms with Crippen molar-refractivity contribution in [1.82, 2.24) is 0 Å². The van der Waals surface area contributed by atoms with Crippen LogP contribution in [0.1, 0.15) is 55.8 Å². The Labute approximate surface area is 116 Å². The van der Waals surface area contributed by atoms with Crippen LogP contribution in [0.4, 0.5) is 0 Å². The van der Waals surface area contributed by atoms with E-state index in [1.807, 2.05) is 0 Å². The molecule has 3 unspecified atom stereocenters. The maximum atomic E-state index is 12.1. The van der Waals surface area contributed by atoms with E-state index in [9.17, 15) is 19.2 Å². The quantitative estimate of drug-likeness (QED) is 0.680. The van der Waals surface area contributed by atoms with Crippen LogP contribution < -0.4 is 0 Å². The average Bonchev–Trinajstić information content (AvgIpc) is 2.25.